The zero-order chi connectivity index (χ0) is 21.3. The number of carbonyl (C=O) groups excluding carboxylic acids is 2. The number of imide groups is 1. The second-order valence-electron chi connectivity index (χ2n) is 8.78. The monoisotopic (exact) mass is 416 g/mol. The Labute approximate surface area is 182 Å². The molecule has 3 amide bonds. The zero-order valence-corrected chi connectivity index (χ0v) is 17.6. The molecule has 0 radical (unpaired) electrons. The molecule has 3 heterocycles. The van der Waals surface area contributed by atoms with Crippen molar-refractivity contribution in [1.29, 1.82) is 0 Å². The maximum atomic E-state index is 12.9. The Hall–Kier alpha value is -3.12. The summed E-state index contributed by atoms with van der Waals surface area (Å²) in [5.74, 6) is -0.0228. The fourth-order valence-electron chi connectivity index (χ4n) is 5.25. The molecule has 1 atom stereocenters. The third kappa shape index (κ3) is 3.83. The number of benzene rings is 2. The molecule has 2 aromatic carbocycles. The average Bonchev–Trinajstić information content (AvgIpc) is 3.34. The van der Waals surface area contributed by atoms with E-state index >= 15 is 0 Å². The van der Waals surface area contributed by atoms with Gasteiger partial charge in [0.1, 0.15) is 5.54 Å². The highest BCUT2D eigenvalue weighted by molar-refractivity contribution is 6.07. The number of fused-ring (bicyclic) bond motifs is 1. The molecule has 2 saturated heterocycles. The van der Waals surface area contributed by atoms with Crippen molar-refractivity contribution in [3.8, 4) is 0 Å². The first-order valence-electron chi connectivity index (χ1n) is 11.1. The first-order valence-corrected chi connectivity index (χ1v) is 11.1. The van der Waals surface area contributed by atoms with Gasteiger partial charge in [-0.25, -0.2) is 4.79 Å². The molecule has 0 unspecified atom stereocenters. The van der Waals surface area contributed by atoms with Gasteiger partial charge in [-0.3, -0.25) is 15.0 Å². The summed E-state index contributed by atoms with van der Waals surface area (Å²) in [5, 5.41) is 6.79. The summed E-state index contributed by atoms with van der Waals surface area (Å²) in [6.07, 6.45) is 5.28. The van der Waals surface area contributed by atoms with Crippen LogP contribution in [-0.2, 0) is 17.8 Å². The Morgan fingerprint density at radius 2 is 1.71 bits per heavy atom. The molecule has 160 valence electrons. The van der Waals surface area contributed by atoms with Crippen molar-refractivity contribution < 1.29 is 9.59 Å². The number of urea groups is 1. The number of aromatic nitrogens is 1. The molecule has 1 aromatic heterocycles. The summed E-state index contributed by atoms with van der Waals surface area (Å²) in [7, 11) is 0. The lowest BCUT2D eigenvalue weighted by atomic mass is 9.74. The Balaban J connectivity index is 1.27. The van der Waals surface area contributed by atoms with E-state index in [1.807, 2.05) is 24.3 Å². The van der Waals surface area contributed by atoms with Crippen molar-refractivity contribution in [3.05, 3.63) is 71.9 Å². The van der Waals surface area contributed by atoms with E-state index in [9.17, 15) is 9.59 Å². The zero-order valence-electron chi connectivity index (χ0n) is 17.6. The van der Waals surface area contributed by atoms with Gasteiger partial charge in [-0.05, 0) is 61.9 Å². The highest BCUT2D eigenvalue weighted by Crippen LogP contribution is 2.35. The molecule has 2 aliphatic rings. The Morgan fingerprint density at radius 1 is 0.968 bits per heavy atom. The first-order chi connectivity index (χ1) is 15.1. The topological polar surface area (TPSA) is 77.2 Å². The summed E-state index contributed by atoms with van der Waals surface area (Å²) < 4.78 is 0. The molecule has 2 fully saturated rings. The number of nitrogens with zero attached hydrogens (tertiary/aromatic N) is 1. The average molecular weight is 417 g/mol. The van der Waals surface area contributed by atoms with Crippen molar-refractivity contribution >= 4 is 22.8 Å². The smallest absolute Gasteiger partial charge is 0.322 e. The van der Waals surface area contributed by atoms with E-state index in [1.165, 1.54) is 16.5 Å². The van der Waals surface area contributed by atoms with Crippen LogP contribution in [0, 0.1) is 5.92 Å². The quantitative estimate of drug-likeness (QED) is 0.538. The highest BCUT2D eigenvalue weighted by atomic mass is 16.2. The minimum Gasteiger partial charge on any atom is -0.361 e. The van der Waals surface area contributed by atoms with E-state index in [-0.39, 0.29) is 17.9 Å². The number of hydrogen-bond acceptors (Lipinski definition) is 3. The number of carbonyl (C=O) groups is 2. The van der Waals surface area contributed by atoms with E-state index in [0.717, 1.165) is 44.4 Å². The maximum Gasteiger partial charge on any atom is 0.322 e. The van der Waals surface area contributed by atoms with Crippen molar-refractivity contribution in [2.24, 2.45) is 5.92 Å². The second kappa shape index (κ2) is 8.19. The molecule has 6 nitrogen and oxygen atoms in total. The number of H-pyrrole nitrogens is 1. The first kappa shape index (κ1) is 19.8. The lowest BCUT2D eigenvalue weighted by molar-refractivity contribution is -0.127. The third-order valence-electron chi connectivity index (χ3n) is 6.97. The number of para-hydroxylation sites is 1. The van der Waals surface area contributed by atoms with Crippen LogP contribution in [0.15, 0.2) is 60.8 Å². The minimum atomic E-state index is -0.806. The van der Waals surface area contributed by atoms with Crippen molar-refractivity contribution in [2.45, 2.75) is 37.8 Å². The molecule has 3 N–H and O–H groups in total. The van der Waals surface area contributed by atoms with Crippen molar-refractivity contribution in [2.75, 3.05) is 13.1 Å². The summed E-state index contributed by atoms with van der Waals surface area (Å²) in [4.78, 5) is 30.8. The lowest BCUT2D eigenvalue weighted by Gasteiger charge is -2.40. The van der Waals surface area contributed by atoms with Gasteiger partial charge in [-0.2, -0.15) is 0 Å². The largest absolute Gasteiger partial charge is 0.361 e. The molecule has 5 rings (SSSR count). The Bertz CT molecular complexity index is 1090. The number of aromatic amines is 1. The van der Waals surface area contributed by atoms with E-state index in [2.05, 4.69) is 57.0 Å². The summed E-state index contributed by atoms with van der Waals surface area (Å²) in [6, 6.07) is 18.2. The molecule has 6 heteroatoms. The summed E-state index contributed by atoms with van der Waals surface area (Å²) in [5.41, 5.74) is 2.85. The van der Waals surface area contributed by atoms with Gasteiger partial charge >= 0.3 is 6.03 Å². The van der Waals surface area contributed by atoms with Crippen LogP contribution in [-0.4, -0.2) is 40.5 Å². The Morgan fingerprint density at radius 3 is 2.45 bits per heavy atom. The van der Waals surface area contributed by atoms with Gasteiger partial charge in [-0.15, -0.1) is 0 Å². The molecule has 3 aromatic rings. The van der Waals surface area contributed by atoms with Gasteiger partial charge in [0.2, 0.25) is 0 Å². The third-order valence-corrected chi connectivity index (χ3v) is 6.97. The van der Waals surface area contributed by atoms with Crippen molar-refractivity contribution in [3.63, 3.8) is 0 Å². The van der Waals surface area contributed by atoms with Crippen LogP contribution in [0.3, 0.4) is 0 Å². The van der Waals surface area contributed by atoms with Gasteiger partial charge in [-0.1, -0.05) is 48.5 Å². The number of likely N-dealkylation sites (tertiary alicyclic amines) is 1. The molecule has 0 spiro atoms. The fourth-order valence-corrected chi connectivity index (χ4v) is 5.25. The normalized spacial score (nSPS) is 22.6. The van der Waals surface area contributed by atoms with E-state index < -0.39 is 5.54 Å². The number of nitrogens with one attached hydrogen (secondary N) is 3. The predicted octanol–water partition coefficient (Wildman–Crippen LogP) is 3.59. The van der Waals surface area contributed by atoms with Crippen LogP contribution in [0.1, 0.15) is 30.4 Å². The van der Waals surface area contributed by atoms with Gasteiger partial charge in [0.05, 0.1) is 0 Å². The molecule has 0 saturated carbocycles. The van der Waals surface area contributed by atoms with Gasteiger partial charge < -0.3 is 10.3 Å². The van der Waals surface area contributed by atoms with Gasteiger partial charge in [0.15, 0.2) is 0 Å². The van der Waals surface area contributed by atoms with Crippen LogP contribution in [0.4, 0.5) is 4.79 Å². The molecule has 0 aliphatic carbocycles. The molecule has 2 aliphatic heterocycles. The van der Waals surface area contributed by atoms with E-state index in [1.54, 1.807) is 0 Å². The molecule has 31 heavy (non-hydrogen) atoms. The number of piperidine rings is 1. The van der Waals surface area contributed by atoms with Crippen molar-refractivity contribution in [1.82, 2.24) is 20.5 Å². The van der Waals surface area contributed by atoms with E-state index in [4.69, 9.17) is 0 Å². The summed E-state index contributed by atoms with van der Waals surface area (Å²) >= 11 is 0. The van der Waals surface area contributed by atoms with Gasteiger partial charge in [0, 0.05) is 23.6 Å². The predicted molar refractivity (Wildman–Crippen MR) is 120 cm³/mol. The summed E-state index contributed by atoms with van der Waals surface area (Å²) in [6.45, 7) is 2.73. The standard InChI is InChI=1S/C25H28N4O2/c30-23-25(28-24(31)27-23,13-10-18-6-2-1-3-7-18)20-11-14-29(15-12-20)17-19-16-26-22-9-5-4-8-21(19)22/h1-9,16,20,26H,10-15,17H2,(H2,27,28,30,31)/t25-/m0/s1. The number of amides is 3. The molecule has 0 bridgehead atoms. The van der Waals surface area contributed by atoms with Gasteiger partial charge in [0.25, 0.3) is 5.91 Å². The Kier molecular flexibility index (Phi) is 5.24. The second-order valence-corrected chi connectivity index (χ2v) is 8.78. The van der Waals surface area contributed by atoms with E-state index in [0.29, 0.717) is 6.42 Å². The van der Waals surface area contributed by atoms with Crippen LogP contribution in [0.5, 0.6) is 0 Å². The number of rotatable bonds is 6. The SMILES string of the molecule is O=C1NC(=O)[C@](CCc2ccccc2)(C2CCN(Cc3c[nH]c4ccccc34)CC2)N1. The molecular weight excluding hydrogens is 388 g/mol. The highest BCUT2D eigenvalue weighted by Gasteiger charge is 2.51. The fraction of sp³-hybridized carbons (Fsp3) is 0.360. The molecular formula is C25H28N4O2. The minimum absolute atomic E-state index is 0.141. The maximum absolute atomic E-state index is 12.9. The van der Waals surface area contributed by atoms with Crippen LogP contribution in [0.25, 0.3) is 10.9 Å². The van der Waals surface area contributed by atoms with Crippen LogP contribution < -0.4 is 10.6 Å². The number of aryl methyl sites for hydroxylation is 1. The number of hydrogen-bond donors (Lipinski definition) is 3. The van der Waals surface area contributed by atoms with Crippen LogP contribution >= 0.6 is 0 Å². The van der Waals surface area contributed by atoms with Crippen LogP contribution in [0.2, 0.25) is 0 Å². The lowest BCUT2D eigenvalue weighted by Crippen LogP contribution is -2.56.